The molecule has 0 aliphatic carbocycles. The van der Waals surface area contributed by atoms with E-state index in [2.05, 4.69) is 0 Å². The number of alkyl halides is 3. The average molecular weight is 444 g/mol. The quantitative estimate of drug-likeness (QED) is 0.477. The van der Waals surface area contributed by atoms with Crippen LogP contribution in [0.25, 0.3) is 16.7 Å². The molecule has 0 amide bonds. The molecule has 162 valence electrons. The SMILES string of the molecule is O=C(O)c1ccc(-n2c(=O)n(C(=O)c3ccc(C(F)(F)F)cc3)c3cccc(F)c32)cc1. The smallest absolute Gasteiger partial charge is 0.416 e. The zero-order valence-electron chi connectivity index (χ0n) is 15.9. The Hall–Kier alpha value is -4.21. The molecule has 0 saturated carbocycles. The van der Waals surface area contributed by atoms with E-state index in [1.165, 1.54) is 36.4 Å². The molecule has 1 heterocycles. The van der Waals surface area contributed by atoms with E-state index in [0.717, 1.165) is 22.8 Å². The Bertz CT molecular complexity index is 1420. The number of halogens is 4. The minimum Gasteiger partial charge on any atom is -0.478 e. The van der Waals surface area contributed by atoms with E-state index >= 15 is 0 Å². The van der Waals surface area contributed by atoms with Crippen LogP contribution in [0, 0.1) is 5.82 Å². The Morgan fingerprint density at radius 3 is 2.00 bits per heavy atom. The number of hydrogen-bond donors (Lipinski definition) is 1. The van der Waals surface area contributed by atoms with Crippen LogP contribution < -0.4 is 5.69 Å². The molecule has 0 aliphatic heterocycles. The van der Waals surface area contributed by atoms with Gasteiger partial charge in [-0.25, -0.2) is 18.5 Å². The fraction of sp³-hybridized carbons (Fsp3) is 0.0455. The Kier molecular flexibility index (Phi) is 4.92. The summed E-state index contributed by atoms with van der Waals surface area (Å²) in [5, 5.41) is 9.04. The van der Waals surface area contributed by atoms with Crippen LogP contribution in [0.1, 0.15) is 26.3 Å². The molecule has 0 fully saturated rings. The van der Waals surface area contributed by atoms with Crippen LogP contribution >= 0.6 is 0 Å². The van der Waals surface area contributed by atoms with Crippen LogP contribution in [0.3, 0.4) is 0 Å². The van der Waals surface area contributed by atoms with Crippen molar-refractivity contribution >= 4 is 22.9 Å². The van der Waals surface area contributed by atoms with Crippen molar-refractivity contribution in [2.45, 2.75) is 6.18 Å². The predicted molar refractivity (Wildman–Crippen MR) is 106 cm³/mol. The molecule has 1 N–H and O–H groups in total. The first-order valence-electron chi connectivity index (χ1n) is 9.07. The third kappa shape index (κ3) is 3.45. The standard InChI is InChI=1S/C22H12F4N2O4/c23-16-2-1-3-17-18(16)27(15-10-6-13(7-11-15)20(30)31)21(32)28(17)19(29)12-4-8-14(9-5-12)22(24,25)26/h1-11H,(H,30,31). The van der Waals surface area contributed by atoms with E-state index in [-0.39, 0.29) is 27.8 Å². The maximum Gasteiger partial charge on any atom is 0.416 e. The number of aromatic nitrogens is 2. The first kappa shape index (κ1) is 21.0. The average Bonchev–Trinajstić information content (AvgIpc) is 3.06. The third-order valence-corrected chi connectivity index (χ3v) is 4.85. The second-order valence-corrected chi connectivity index (χ2v) is 6.79. The number of hydrogen-bond acceptors (Lipinski definition) is 3. The van der Waals surface area contributed by atoms with Gasteiger partial charge in [-0.15, -0.1) is 0 Å². The highest BCUT2D eigenvalue weighted by Gasteiger charge is 2.30. The minimum absolute atomic E-state index is 0.0631. The minimum atomic E-state index is -4.60. The van der Waals surface area contributed by atoms with Gasteiger partial charge < -0.3 is 5.11 Å². The molecule has 0 unspecified atom stereocenters. The maximum atomic E-state index is 14.7. The van der Waals surface area contributed by atoms with Gasteiger partial charge in [-0.05, 0) is 60.7 Å². The number of nitrogens with zero attached hydrogens (tertiary/aromatic N) is 2. The molecule has 0 radical (unpaired) electrons. The van der Waals surface area contributed by atoms with Crippen molar-refractivity contribution < 1.29 is 32.3 Å². The highest BCUT2D eigenvalue weighted by atomic mass is 19.4. The molecule has 0 spiro atoms. The van der Waals surface area contributed by atoms with Gasteiger partial charge in [0.15, 0.2) is 0 Å². The summed E-state index contributed by atoms with van der Waals surface area (Å²) >= 11 is 0. The molecule has 0 atom stereocenters. The van der Waals surface area contributed by atoms with Gasteiger partial charge in [0, 0.05) is 5.56 Å². The van der Waals surface area contributed by atoms with Crippen LogP contribution in [0.5, 0.6) is 0 Å². The van der Waals surface area contributed by atoms with Crippen LogP contribution in [0.2, 0.25) is 0 Å². The molecule has 3 aromatic carbocycles. The molecule has 0 bridgehead atoms. The van der Waals surface area contributed by atoms with Gasteiger partial charge in [0.05, 0.1) is 22.3 Å². The summed E-state index contributed by atoms with van der Waals surface area (Å²) in [5.41, 5.74) is -2.42. The lowest BCUT2D eigenvalue weighted by Crippen LogP contribution is -2.29. The highest BCUT2D eigenvalue weighted by Crippen LogP contribution is 2.29. The topological polar surface area (TPSA) is 81.3 Å². The first-order chi connectivity index (χ1) is 15.1. The number of fused-ring (bicyclic) bond motifs is 1. The maximum absolute atomic E-state index is 14.7. The predicted octanol–water partition coefficient (Wildman–Crippen LogP) is 4.34. The number of benzene rings is 3. The lowest BCUT2D eigenvalue weighted by molar-refractivity contribution is -0.137. The second kappa shape index (κ2) is 7.49. The molecule has 1 aromatic heterocycles. The summed E-state index contributed by atoms with van der Waals surface area (Å²) in [6.45, 7) is 0. The lowest BCUT2D eigenvalue weighted by Gasteiger charge is -2.07. The van der Waals surface area contributed by atoms with E-state index in [4.69, 9.17) is 5.11 Å². The van der Waals surface area contributed by atoms with Crippen molar-refractivity contribution in [2.75, 3.05) is 0 Å². The molecule has 32 heavy (non-hydrogen) atoms. The summed E-state index contributed by atoms with van der Waals surface area (Å²) in [6, 6.07) is 12.0. The first-order valence-corrected chi connectivity index (χ1v) is 9.07. The molecule has 10 heteroatoms. The Morgan fingerprint density at radius 1 is 0.844 bits per heavy atom. The molecular weight excluding hydrogens is 432 g/mol. The number of carbonyl (C=O) groups is 2. The van der Waals surface area contributed by atoms with Crippen molar-refractivity contribution in [3.63, 3.8) is 0 Å². The van der Waals surface area contributed by atoms with Crippen LogP contribution in [-0.4, -0.2) is 26.1 Å². The molecule has 4 aromatic rings. The summed E-state index contributed by atoms with van der Waals surface area (Å²) in [7, 11) is 0. The van der Waals surface area contributed by atoms with Gasteiger partial charge in [-0.3, -0.25) is 9.36 Å². The van der Waals surface area contributed by atoms with Gasteiger partial charge >= 0.3 is 17.8 Å². The van der Waals surface area contributed by atoms with Crippen LogP contribution in [-0.2, 0) is 6.18 Å². The largest absolute Gasteiger partial charge is 0.478 e. The number of imidazole rings is 1. The van der Waals surface area contributed by atoms with Crippen LogP contribution in [0.4, 0.5) is 17.6 Å². The monoisotopic (exact) mass is 444 g/mol. The third-order valence-electron chi connectivity index (χ3n) is 4.85. The number of aromatic carboxylic acids is 1. The van der Waals surface area contributed by atoms with Gasteiger partial charge in [-0.1, -0.05) is 6.07 Å². The number of carboxylic acids is 1. The summed E-state index contributed by atoms with van der Waals surface area (Å²) in [4.78, 5) is 37.2. The van der Waals surface area contributed by atoms with Crippen molar-refractivity contribution in [2.24, 2.45) is 0 Å². The molecule has 0 aliphatic rings. The second-order valence-electron chi connectivity index (χ2n) is 6.79. The van der Waals surface area contributed by atoms with Crippen molar-refractivity contribution in [3.05, 3.63) is 99.7 Å². The zero-order chi connectivity index (χ0) is 23.2. The Labute approximate surface area is 176 Å². The number of para-hydroxylation sites is 1. The zero-order valence-corrected chi connectivity index (χ0v) is 15.9. The van der Waals surface area contributed by atoms with E-state index in [1.807, 2.05) is 0 Å². The Morgan fingerprint density at radius 2 is 1.44 bits per heavy atom. The molecule has 0 saturated heterocycles. The van der Waals surface area contributed by atoms with E-state index in [9.17, 15) is 31.9 Å². The van der Waals surface area contributed by atoms with E-state index in [1.54, 1.807) is 0 Å². The van der Waals surface area contributed by atoms with Crippen molar-refractivity contribution in [1.29, 1.82) is 0 Å². The highest BCUT2D eigenvalue weighted by molar-refractivity contribution is 6.01. The molecule has 4 rings (SSSR count). The normalized spacial score (nSPS) is 11.6. The molecule has 6 nitrogen and oxygen atoms in total. The fourth-order valence-electron chi connectivity index (χ4n) is 3.32. The van der Waals surface area contributed by atoms with Gasteiger partial charge in [-0.2, -0.15) is 13.2 Å². The lowest BCUT2D eigenvalue weighted by atomic mass is 10.1. The number of carbonyl (C=O) groups excluding carboxylic acids is 1. The van der Waals surface area contributed by atoms with E-state index < -0.39 is 35.1 Å². The van der Waals surface area contributed by atoms with Gasteiger partial charge in [0.1, 0.15) is 11.3 Å². The number of rotatable bonds is 3. The van der Waals surface area contributed by atoms with Gasteiger partial charge in [0.2, 0.25) is 0 Å². The number of carboxylic acid groups (broad SMARTS) is 1. The summed E-state index contributed by atoms with van der Waals surface area (Å²) in [6.07, 6.45) is -4.60. The Balaban J connectivity index is 1.91. The molecular formula is C22H12F4N2O4. The summed E-state index contributed by atoms with van der Waals surface area (Å²) < 4.78 is 54.7. The summed E-state index contributed by atoms with van der Waals surface area (Å²) in [5.74, 6) is -2.96. The van der Waals surface area contributed by atoms with Gasteiger partial charge in [0.25, 0.3) is 5.91 Å². The van der Waals surface area contributed by atoms with Crippen LogP contribution in [0.15, 0.2) is 71.5 Å². The van der Waals surface area contributed by atoms with Crippen molar-refractivity contribution in [1.82, 2.24) is 9.13 Å². The van der Waals surface area contributed by atoms with Crippen molar-refractivity contribution in [3.8, 4) is 5.69 Å². The van der Waals surface area contributed by atoms with E-state index in [0.29, 0.717) is 16.7 Å². The fourth-order valence-corrected chi connectivity index (χ4v) is 3.32.